The first-order valence-corrected chi connectivity index (χ1v) is 10.2. The number of para-hydroxylation sites is 1. The summed E-state index contributed by atoms with van der Waals surface area (Å²) in [5.41, 5.74) is 3.26. The molecule has 0 amide bonds. The van der Waals surface area contributed by atoms with Crippen LogP contribution in [0, 0.1) is 0 Å². The molecule has 2 aromatic carbocycles. The van der Waals surface area contributed by atoms with Crippen LogP contribution >= 0.6 is 11.3 Å². The summed E-state index contributed by atoms with van der Waals surface area (Å²) in [5.74, 6) is 0.858. The summed E-state index contributed by atoms with van der Waals surface area (Å²) < 4.78 is 7.06. The van der Waals surface area contributed by atoms with Gasteiger partial charge in [0.1, 0.15) is 17.4 Å². The molecule has 0 aliphatic carbocycles. The lowest BCUT2D eigenvalue weighted by Gasteiger charge is -2.23. The van der Waals surface area contributed by atoms with Crippen LogP contribution in [0.3, 0.4) is 0 Å². The minimum Gasteiger partial charge on any atom is -0.487 e. The highest BCUT2D eigenvalue weighted by Crippen LogP contribution is 2.29. The molecular formula is C23H23N3OS. The fourth-order valence-electron chi connectivity index (χ4n) is 3.01. The van der Waals surface area contributed by atoms with Gasteiger partial charge in [-0.15, -0.1) is 11.3 Å². The summed E-state index contributed by atoms with van der Waals surface area (Å²) in [6.45, 7) is 3.55. The van der Waals surface area contributed by atoms with Crippen LogP contribution in [-0.2, 0) is 13.2 Å². The van der Waals surface area contributed by atoms with Gasteiger partial charge in [-0.2, -0.15) is 0 Å². The van der Waals surface area contributed by atoms with Gasteiger partial charge in [0.05, 0.1) is 22.0 Å². The molecule has 1 atom stereocenters. The lowest BCUT2D eigenvalue weighted by molar-refractivity contribution is 0.252. The van der Waals surface area contributed by atoms with E-state index < -0.39 is 0 Å². The summed E-state index contributed by atoms with van der Waals surface area (Å²) >= 11 is 1.77. The van der Waals surface area contributed by atoms with Gasteiger partial charge >= 0.3 is 0 Å². The quantitative estimate of drug-likeness (QED) is 0.420. The number of benzene rings is 2. The molecule has 4 aromatic rings. The standard InChI is InChI=1S/C23H23N3OS/c1-17(23-25-21-8-3-4-9-22(21)28-23)26(2)15-18-10-12-20(13-11-18)27-16-19-7-5-6-14-24-19/h3-14,17H,15-16H2,1-2H3/t17-/m0/s1. The van der Waals surface area contributed by atoms with Crippen molar-refractivity contribution in [3.05, 3.63) is 89.2 Å². The SMILES string of the molecule is C[C@@H](c1nc2ccccc2s1)N(C)Cc1ccc(OCc2ccccn2)cc1. The van der Waals surface area contributed by atoms with E-state index in [-0.39, 0.29) is 6.04 Å². The Kier molecular flexibility index (Phi) is 5.65. The van der Waals surface area contributed by atoms with Gasteiger partial charge in [-0.05, 0) is 55.9 Å². The van der Waals surface area contributed by atoms with Gasteiger partial charge in [-0.25, -0.2) is 4.98 Å². The highest BCUT2D eigenvalue weighted by atomic mass is 32.1. The molecule has 5 heteroatoms. The number of rotatable bonds is 7. The predicted molar refractivity (Wildman–Crippen MR) is 115 cm³/mol. The maximum absolute atomic E-state index is 5.82. The molecule has 0 aliphatic heterocycles. The Hall–Kier alpha value is -2.76. The number of thiazole rings is 1. The molecule has 0 saturated carbocycles. The molecule has 4 nitrogen and oxygen atoms in total. The Morgan fingerprint density at radius 3 is 2.54 bits per heavy atom. The molecule has 28 heavy (non-hydrogen) atoms. The Morgan fingerprint density at radius 1 is 1.00 bits per heavy atom. The largest absolute Gasteiger partial charge is 0.487 e. The number of fused-ring (bicyclic) bond motifs is 1. The first-order valence-electron chi connectivity index (χ1n) is 9.36. The van der Waals surface area contributed by atoms with Crippen LogP contribution in [0.25, 0.3) is 10.2 Å². The summed E-state index contributed by atoms with van der Waals surface area (Å²) in [5, 5.41) is 1.15. The van der Waals surface area contributed by atoms with Gasteiger partial charge < -0.3 is 4.74 Å². The first-order chi connectivity index (χ1) is 13.7. The van der Waals surface area contributed by atoms with Crippen molar-refractivity contribution >= 4 is 21.6 Å². The maximum Gasteiger partial charge on any atom is 0.130 e. The summed E-state index contributed by atoms with van der Waals surface area (Å²) in [7, 11) is 2.14. The molecular weight excluding hydrogens is 366 g/mol. The zero-order chi connectivity index (χ0) is 19.3. The molecule has 0 radical (unpaired) electrons. The summed E-state index contributed by atoms with van der Waals surface area (Å²) in [6.07, 6.45) is 1.78. The number of hydrogen-bond donors (Lipinski definition) is 0. The fraction of sp³-hybridized carbons (Fsp3) is 0.217. The number of nitrogens with zero attached hydrogens (tertiary/aromatic N) is 3. The Bertz CT molecular complexity index is 998. The van der Waals surface area contributed by atoms with E-state index in [1.54, 1.807) is 17.5 Å². The third-order valence-corrected chi connectivity index (χ3v) is 6.00. The van der Waals surface area contributed by atoms with Crippen molar-refractivity contribution in [2.75, 3.05) is 7.05 Å². The molecule has 0 saturated heterocycles. The first kappa shape index (κ1) is 18.6. The third kappa shape index (κ3) is 4.38. The molecule has 0 aliphatic rings. The number of aromatic nitrogens is 2. The van der Waals surface area contributed by atoms with Crippen LogP contribution in [-0.4, -0.2) is 21.9 Å². The molecule has 2 heterocycles. The van der Waals surface area contributed by atoms with Gasteiger partial charge in [-0.3, -0.25) is 9.88 Å². The van der Waals surface area contributed by atoms with Crippen LogP contribution in [0.1, 0.15) is 29.2 Å². The lowest BCUT2D eigenvalue weighted by atomic mass is 10.2. The van der Waals surface area contributed by atoms with Gasteiger partial charge in [0, 0.05) is 12.7 Å². The lowest BCUT2D eigenvalue weighted by Crippen LogP contribution is -2.21. The fourth-order valence-corrected chi connectivity index (χ4v) is 4.10. The molecule has 0 N–H and O–H groups in total. The van der Waals surface area contributed by atoms with Crippen molar-refractivity contribution < 1.29 is 4.74 Å². The van der Waals surface area contributed by atoms with Gasteiger partial charge in [0.15, 0.2) is 0 Å². The molecule has 4 rings (SSSR count). The Labute approximate surface area is 169 Å². The molecule has 0 bridgehead atoms. The van der Waals surface area contributed by atoms with Crippen molar-refractivity contribution in [3.8, 4) is 5.75 Å². The van der Waals surface area contributed by atoms with E-state index in [1.165, 1.54) is 10.3 Å². The van der Waals surface area contributed by atoms with Gasteiger partial charge in [0.2, 0.25) is 0 Å². The van der Waals surface area contributed by atoms with E-state index in [2.05, 4.69) is 54.2 Å². The minimum atomic E-state index is 0.262. The van der Waals surface area contributed by atoms with Crippen molar-refractivity contribution in [1.82, 2.24) is 14.9 Å². The summed E-state index contributed by atoms with van der Waals surface area (Å²) in [4.78, 5) is 11.4. The average molecular weight is 390 g/mol. The molecule has 142 valence electrons. The molecule has 2 aromatic heterocycles. The highest BCUT2D eigenvalue weighted by molar-refractivity contribution is 7.18. The van der Waals surface area contributed by atoms with Crippen molar-refractivity contribution in [1.29, 1.82) is 0 Å². The van der Waals surface area contributed by atoms with Crippen LogP contribution in [0.4, 0.5) is 0 Å². The highest BCUT2D eigenvalue weighted by Gasteiger charge is 2.16. The number of ether oxygens (including phenoxy) is 1. The van der Waals surface area contributed by atoms with E-state index in [0.717, 1.165) is 28.5 Å². The van der Waals surface area contributed by atoms with Crippen molar-refractivity contribution in [2.24, 2.45) is 0 Å². The molecule has 0 fully saturated rings. The normalized spacial score (nSPS) is 12.4. The summed E-state index contributed by atoms with van der Waals surface area (Å²) in [6, 6.07) is 22.7. The second-order valence-corrected chi connectivity index (χ2v) is 7.93. The number of hydrogen-bond acceptors (Lipinski definition) is 5. The minimum absolute atomic E-state index is 0.262. The van der Waals surface area contributed by atoms with Gasteiger partial charge in [0.25, 0.3) is 0 Å². The zero-order valence-corrected chi connectivity index (χ0v) is 16.9. The predicted octanol–water partition coefficient (Wildman–Crippen LogP) is 5.46. The Morgan fingerprint density at radius 2 is 1.79 bits per heavy atom. The van der Waals surface area contributed by atoms with E-state index in [4.69, 9.17) is 9.72 Å². The molecule has 0 spiro atoms. The second kappa shape index (κ2) is 8.50. The average Bonchev–Trinajstić information content (AvgIpc) is 3.17. The van der Waals surface area contributed by atoms with Gasteiger partial charge in [-0.1, -0.05) is 30.3 Å². The Balaban J connectivity index is 1.36. The van der Waals surface area contributed by atoms with E-state index >= 15 is 0 Å². The monoisotopic (exact) mass is 389 g/mol. The van der Waals surface area contributed by atoms with Crippen molar-refractivity contribution in [2.45, 2.75) is 26.1 Å². The van der Waals surface area contributed by atoms with E-state index in [9.17, 15) is 0 Å². The van der Waals surface area contributed by atoms with Crippen LogP contribution in [0.2, 0.25) is 0 Å². The topological polar surface area (TPSA) is 38.2 Å². The molecule has 0 unspecified atom stereocenters. The smallest absolute Gasteiger partial charge is 0.130 e. The van der Waals surface area contributed by atoms with Crippen LogP contribution in [0.5, 0.6) is 5.75 Å². The van der Waals surface area contributed by atoms with Crippen LogP contribution in [0.15, 0.2) is 72.9 Å². The van der Waals surface area contributed by atoms with Crippen molar-refractivity contribution in [3.63, 3.8) is 0 Å². The van der Waals surface area contributed by atoms with Crippen LogP contribution < -0.4 is 4.74 Å². The van der Waals surface area contributed by atoms with E-state index in [1.807, 2.05) is 36.4 Å². The third-order valence-electron chi connectivity index (χ3n) is 4.80. The van der Waals surface area contributed by atoms with E-state index in [0.29, 0.717) is 6.61 Å². The maximum atomic E-state index is 5.82. The zero-order valence-electron chi connectivity index (χ0n) is 16.1. The number of pyridine rings is 1. The second-order valence-electron chi connectivity index (χ2n) is 6.86.